The minimum absolute atomic E-state index is 0.0570. The van der Waals surface area contributed by atoms with Crippen molar-refractivity contribution in [3.63, 3.8) is 0 Å². The summed E-state index contributed by atoms with van der Waals surface area (Å²) in [6.07, 6.45) is 2.91. The molecule has 3 heterocycles. The zero-order valence-electron chi connectivity index (χ0n) is 22.4. The van der Waals surface area contributed by atoms with Gasteiger partial charge in [0.1, 0.15) is 5.75 Å². The largest absolute Gasteiger partial charge is 0.506 e. The van der Waals surface area contributed by atoms with Gasteiger partial charge >= 0.3 is 0 Å². The van der Waals surface area contributed by atoms with E-state index in [0.717, 1.165) is 46.0 Å². The van der Waals surface area contributed by atoms with Crippen LogP contribution in [-0.2, 0) is 11.2 Å². The van der Waals surface area contributed by atoms with Gasteiger partial charge in [-0.3, -0.25) is 9.78 Å². The number of carbonyl (C=O) groups is 1. The molecule has 2 atom stereocenters. The van der Waals surface area contributed by atoms with Gasteiger partial charge in [0.05, 0.1) is 23.5 Å². The summed E-state index contributed by atoms with van der Waals surface area (Å²) in [6.45, 7) is 6.61. The fraction of sp³-hybridized carbons (Fsp3) is 0.258. The maximum atomic E-state index is 13.0. The lowest BCUT2D eigenvalue weighted by atomic mass is 9.96. The van der Waals surface area contributed by atoms with Gasteiger partial charge in [-0.25, -0.2) is 0 Å². The molecule has 0 unspecified atom stereocenters. The Balaban J connectivity index is 1.47. The van der Waals surface area contributed by atoms with Crippen LogP contribution in [-0.4, -0.2) is 37.1 Å². The number of aromatic hydroxyl groups is 1. The molecule has 8 heteroatoms. The van der Waals surface area contributed by atoms with E-state index in [4.69, 9.17) is 12.2 Å². The van der Waals surface area contributed by atoms with Crippen LogP contribution < -0.4 is 10.6 Å². The molecule has 0 bridgehead atoms. The summed E-state index contributed by atoms with van der Waals surface area (Å²) in [5, 5.41) is 17.7. The summed E-state index contributed by atoms with van der Waals surface area (Å²) in [5.41, 5.74) is 6.61. The molecular weight excluding hydrogens is 506 g/mol. The number of thiocarbonyl (C=S) groups is 1. The molecule has 0 aliphatic carbocycles. The summed E-state index contributed by atoms with van der Waals surface area (Å²) in [4.78, 5) is 19.8. The van der Waals surface area contributed by atoms with Crippen LogP contribution in [0.25, 0.3) is 5.69 Å². The Morgan fingerprint density at radius 1 is 1.08 bits per heavy atom. The number of anilines is 1. The van der Waals surface area contributed by atoms with Gasteiger partial charge in [0, 0.05) is 36.2 Å². The number of nitrogens with zero attached hydrogens (tertiary/aromatic N) is 3. The zero-order valence-corrected chi connectivity index (χ0v) is 23.2. The first kappa shape index (κ1) is 26.4. The molecule has 0 saturated carbocycles. The smallest absolute Gasteiger partial charge is 0.226 e. The number of rotatable bonds is 8. The predicted molar refractivity (Wildman–Crippen MR) is 158 cm³/mol. The van der Waals surface area contributed by atoms with Crippen molar-refractivity contribution in [2.45, 2.75) is 45.7 Å². The molecule has 1 aliphatic rings. The van der Waals surface area contributed by atoms with E-state index < -0.39 is 0 Å². The topological polar surface area (TPSA) is 82.4 Å². The second-order valence-electron chi connectivity index (χ2n) is 9.78. The van der Waals surface area contributed by atoms with Crippen LogP contribution in [0.5, 0.6) is 5.75 Å². The number of phenols is 1. The maximum absolute atomic E-state index is 13.0. The predicted octanol–water partition coefficient (Wildman–Crippen LogP) is 5.76. The third-order valence-corrected chi connectivity index (χ3v) is 7.71. The number of amides is 1. The van der Waals surface area contributed by atoms with Crippen molar-refractivity contribution in [1.29, 1.82) is 0 Å². The molecule has 7 nitrogen and oxygen atoms in total. The molecule has 1 aliphatic heterocycles. The second kappa shape index (κ2) is 11.3. The molecule has 39 heavy (non-hydrogen) atoms. The van der Waals surface area contributed by atoms with Gasteiger partial charge in [-0.2, -0.15) is 0 Å². The molecule has 1 saturated heterocycles. The Hall–Kier alpha value is -4.17. The number of para-hydroxylation sites is 3. The number of aryl methyl sites for hydroxylation is 2. The quantitative estimate of drug-likeness (QED) is 0.247. The molecule has 0 radical (unpaired) electrons. The zero-order chi connectivity index (χ0) is 27.5. The van der Waals surface area contributed by atoms with Crippen LogP contribution in [0.2, 0.25) is 0 Å². The summed E-state index contributed by atoms with van der Waals surface area (Å²) < 4.78 is 2.06. The van der Waals surface area contributed by atoms with E-state index in [0.29, 0.717) is 11.7 Å². The normalized spacial score (nSPS) is 16.8. The number of pyridine rings is 1. The average Bonchev–Trinajstić information content (AvgIpc) is 3.42. The standard InChI is InChI=1S/C31H33N5O2S/c1-4-22-11-5-6-12-24(22)33-28(38)16-18-35-30(29(34-31(35)39)25-13-9-10-17-32-25)23-19-20(2)36(21(23)3)26-14-7-8-15-27(26)37/h5-15,17,19,29-30,37H,4,16,18H2,1-3H3,(H,33,38)(H,34,39)/t29-,30+/m0/s1. The van der Waals surface area contributed by atoms with E-state index in [2.05, 4.69) is 45.0 Å². The second-order valence-corrected chi connectivity index (χ2v) is 10.2. The summed E-state index contributed by atoms with van der Waals surface area (Å²) >= 11 is 5.82. The van der Waals surface area contributed by atoms with Crippen molar-refractivity contribution in [2.75, 3.05) is 11.9 Å². The van der Waals surface area contributed by atoms with Crippen molar-refractivity contribution in [3.8, 4) is 11.4 Å². The summed E-state index contributed by atoms with van der Waals surface area (Å²) in [7, 11) is 0. The van der Waals surface area contributed by atoms with Crippen LogP contribution in [0.4, 0.5) is 5.69 Å². The minimum atomic E-state index is -0.194. The van der Waals surface area contributed by atoms with E-state index in [9.17, 15) is 9.90 Å². The highest BCUT2D eigenvalue weighted by molar-refractivity contribution is 7.80. The number of phenolic OH excluding ortho intramolecular Hbond substituents is 1. The fourth-order valence-electron chi connectivity index (χ4n) is 5.48. The monoisotopic (exact) mass is 539 g/mol. The maximum Gasteiger partial charge on any atom is 0.226 e. The van der Waals surface area contributed by atoms with Crippen molar-refractivity contribution in [1.82, 2.24) is 19.8 Å². The van der Waals surface area contributed by atoms with Gasteiger partial charge in [0.15, 0.2) is 5.11 Å². The number of hydrogen-bond donors (Lipinski definition) is 3. The molecule has 200 valence electrons. The molecule has 3 N–H and O–H groups in total. The third-order valence-electron chi connectivity index (χ3n) is 7.36. The van der Waals surface area contributed by atoms with Crippen LogP contribution in [0.15, 0.2) is 79.0 Å². The molecule has 4 aromatic rings. The summed E-state index contributed by atoms with van der Waals surface area (Å²) in [5.74, 6) is 0.159. The Labute approximate surface area is 234 Å². The van der Waals surface area contributed by atoms with E-state index in [1.54, 1.807) is 12.3 Å². The number of carbonyl (C=O) groups excluding carboxylic acids is 1. The van der Waals surface area contributed by atoms with E-state index in [1.165, 1.54) is 0 Å². The molecule has 1 amide bonds. The van der Waals surface area contributed by atoms with Crippen LogP contribution >= 0.6 is 12.2 Å². The number of hydrogen-bond acceptors (Lipinski definition) is 4. The van der Waals surface area contributed by atoms with Crippen LogP contribution in [0.1, 0.15) is 53.6 Å². The van der Waals surface area contributed by atoms with Gasteiger partial charge in [-0.15, -0.1) is 0 Å². The van der Waals surface area contributed by atoms with Gasteiger partial charge in [0.25, 0.3) is 0 Å². The fourth-order valence-corrected chi connectivity index (χ4v) is 5.81. The molecular formula is C31H33N5O2S. The highest BCUT2D eigenvalue weighted by Crippen LogP contribution is 2.42. The average molecular weight is 540 g/mol. The first-order valence-electron chi connectivity index (χ1n) is 13.2. The summed E-state index contributed by atoms with van der Waals surface area (Å²) in [6, 6.07) is 22.8. The van der Waals surface area contributed by atoms with Crippen LogP contribution in [0.3, 0.4) is 0 Å². The Bertz CT molecular complexity index is 1500. The molecule has 1 fully saturated rings. The van der Waals surface area contributed by atoms with Crippen molar-refractivity contribution >= 4 is 28.9 Å². The van der Waals surface area contributed by atoms with Gasteiger partial charge < -0.3 is 25.2 Å². The van der Waals surface area contributed by atoms with E-state index >= 15 is 0 Å². The molecule has 2 aromatic heterocycles. The minimum Gasteiger partial charge on any atom is -0.506 e. The van der Waals surface area contributed by atoms with Crippen molar-refractivity contribution < 1.29 is 9.90 Å². The van der Waals surface area contributed by atoms with Gasteiger partial charge in [-0.05, 0) is 80.0 Å². The highest BCUT2D eigenvalue weighted by atomic mass is 32.1. The lowest BCUT2D eigenvalue weighted by molar-refractivity contribution is -0.116. The third kappa shape index (κ3) is 5.25. The number of nitrogens with one attached hydrogen (secondary N) is 2. The Morgan fingerprint density at radius 2 is 1.82 bits per heavy atom. The van der Waals surface area contributed by atoms with Crippen molar-refractivity contribution in [3.05, 3.63) is 107 Å². The number of aromatic nitrogens is 2. The Morgan fingerprint density at radius 3 is 2.56 bits per heavy atom. The van der Waals surface area contributed by atoms with E-state index in [1.807, 2.05) is 67.6 Å². The first-order chi connectivity index (χ1) is 18.9. The van der Waals surface area contributed by atoms with E-state index in [-0.39, 0.29) is 30.2 Å². The lowest BCUT2D eigenvalue weighted by Crippen LogP contribution is -2.33. The molecule has 0 spiro atoms. The van der Waals surface area contributed by atoms with Gasteiger partial charge in [-0.1, -0.05) is 43.3 Å². The first-order valence-corrected chi connectivity index (χ1v) is 13.6. The molecule has 5 rings (SSSR count). The lowest BCUT2D eigenvalue weighted by Gasteiger charge is -2.28. The Kier molecular flexibility index (Phi) is 7.65. The highest BCUT2D eigenvalue weighted by Gasteiger charge is 2.41. The SMILES string of the molecule is CCc1ccccc1NC(=O)CCN1C(=S)N[C@@H](c2ccccn2)[C@H]1c1cc(C)n(-c2ccccc2O)c1C. The molecule has 2 aromatic carbocycles. The number of benzene rings is 2. The van der Waals surface area contributed by atoms with Gasteiger partial charge in [0.2, 0.25) is 5.91 Å². The van der Waals surface area contributed by atoms with Crippen LogP contribution in [0, 0.1) is 13.8 Å². The van der Waals surface area contributed by atoms with Crippen molar-refractivity contribution in [2.24, 2.45) is 0 Å².